The minimum atomic E-state index is -0.185. The van der Waals surface area contributed by atoms with E-state index in [9.17, 15) is 9.59 Å². The lowest BCUT2D eigenvalue weighted by atomic mass is 10.1. The topological polar surface area (TPSA) is 88.4 Å². The van der Waals surface area contributed by atoms with Crippen molar-refractivity contribution >= 4 is 29.1 Å². The Balaban J connectivity index is 1.66. The molecule has 0 spiro atoms. The normalized spacial score (nSPS) is 10.5. The molecule has 0 saturated carbocycles. The third-order valence-corrected chi connectivity index (χ3v) is 3.20. The summed E-state index contributed by atoms with van der Waals surface area (Å²) in [7, 11) is 0. The van der Waals surface area contributed by atoms with Crippen molar-refractivity contribution in [1.29, 1.82) is 0 Å². The van der Waals surface area contributed by atoms with E-state index < -0.39 is 0 Å². The Morgan fingerprint density at radius 1 is 1.04 bits per heavy atom. The van der Waals surface area contributed by atoms with Gasteiger partial charge in [-0.2, -0.15) is 0 Å². The monoisotopic (exact) mass is 309 g/mol. The third-order valence-electron chi connectivity index (χ3n) is 3.20. The summed E-state index contributed by atoms with van der Waals surface area (Å²) in [5.74, 6) is 0.0741. The Hall–Kier alpha value is -3.22. The zero-order valence-electron chi connectivity index (χ0n) is 12.5. The van der Waals surface area contributed by atoms with Gasteiger partial charge in [-0.25, -0.2) is 0 Å². The van der Waals surface area contributed by atoms with Crippen molar-refractivity contribution in [3.05, 3.63) is 54.2 Å². The Labute approximate surface area is 132 Å². The van der Waals surface area contributed by atoms with E-state index in [0.29, 0.717) is 17.3 Å². The predicted octanol–water partition coefficient (Wildman–Crippen LogP) is 1.87. The van der Waals surface area contributed by atoms with Gasteiger partial charge in [0.15, 0.2) is 5.65 Å². The van der Waals surface area contributed by atoms with Crippen LogP contribution in [0.4, 0.5) is 11.6 Å². The highest BCUT2D eigenvalue weighted by Crippen LogP contribution is 2.12. The summed E-state index contributed by atoms with van der Waals surface area (Å²) in [6, 6.07) is 12.6. The van der Waals surface area contributed by atoms with Gasteiger partial charge in [0.05, 0.1) is 6.42 Å². The quantitative estimate of drug-likeness (QED) is 0.770. The van der Waals surface area contributed by atoms with Crippen molar-refractivity contribution in [1.82, 2.24) is 14.6 Å². The fraction of sp³-hybridized carbons (Fsp3) is 0.125. The fourth-order valence-corrected chi connectivity index (χ4v) is 2.19. The lowest BCUT2D eigenvalue weighted by Gasteiger charge is -2.05. The maximum Gasteiger partial charge on any atom is 0.235 e. The summed E-state index contributed by atoms with van der Waals surface area (Å²) in [6.07, 6.45) is 2.00. The van der Waals surface area contributed by atoms with E-state index in [0.717, 1.165) is 5.56 Å². The largest absolute Gasteiger partial charge is 0.326 e. The zero-order valence-corrected chi connectivity index (χ0v) is 12.5. The first-order valence-electron chi connectivity index (χ1n) is 7.08. The number of hydrogen-bond acceptors (Lipinski definition) is 4. The Bertz CT molecular complexity index is 854. The number of carbonyl (C=O) groups excluding carboxylic acids is 2. The minimum absolute atomic E-state index is 0.130. The first kappa shape index (κ1) is 14.7. The molecular weight excluding hydrogens is 294 g/mol. The summed E-state index contributed by atoms with van der Waals surface area (Å²) in [5.41, 5.74) is 2.21. The van der Waals surface area contributed by atoms with Crippen LogP contribution in [0.5, 0.6) is 0 Å². The highest BCUT2D eigenvalue weighted by molar-refractivity contribution is 5.91. The molecule has 3 aromatic rings. The number of rotatable bonds is 4. The third kappa shape index (κ3) is 3.52. The molecule has 2 heterocycles. The molecule has 0 aliphatic carbocycles. The maximum atomic E-state index is 12.1. The number of fused-ring (bicyclic) bond motifs is 1. The van der Waals surface area contributed by atoms with Crippen LogP contribution >= 0.6 is 0 Å². The van der Waals surface area contributed by atoms with Crippen molar-refractivity contribution in [2.24, 2.45) is 0 Å². The molecular formula is C16H15N5O2. The number of hydrogen-bond donors (Lipinski definition) is 2. The summed E-state index contributed by atoms with van der Waals surface area (Å²) in [4.78, 5) is 23.1. The van der Waals surface area contributed by atoms with Crippen LogP contribution in [-0.4, -0.2) is 26.4 Å². The molecule has 0 atom stereocenters. The lowest BCUT2D eigenvalue weighted by Crippen LogP contribution is -2.16. The van der Waals surface area contributed by atoms with Gasteiger partial charge in [-0.3, -0.25) is 19.3 Å². The maximum absolute atomic E-state index is 12.1. The number of anilines is 2. The van der Waals surface area contributed by atoms with Gasteiger partial charge < -0.3 is 5.32 Å². The smallest absolute Gasteiger partial charge is 0.235 e. The minimum Gasteiger partial charge on any atom is -0.326 e. The molecule has 0 saturated heterocycles. The van der Waals surface area contributed by atoms with Gasteiger partial charge in [0.1, 0.15) is 0 Å². The Kier molecular flexibility index (Phi) is 4.01. The predicted molar refractivity (Wildman–Crippen MR) is 86.1 cm³/mol. The molecule has 3 rings (SSSR count). The van der Waals surface area contributed by atoms with E-state index in [-0.39, 0.29) is 18.2 Å². The first-order chi connectivity index (χ1) is 11.1. The standard InChI is InChI=1S/C16H15N5O2/c1-11(22)17-13-7-5-12(6-8-13)10-15(23)18-16-20-19-14-4-2-3-9-21(14)16/h2-9H,10H2,1H3,(H,17,22)(H,18,20,23). The second-order valence-electron chi connectivity index (χ2n) is 5.06. The summed E-state index contributed by atoms with van der Waals surface area (Å²) in [5, 5.41) is 13.4. The Morgan fingerprint density at radius 2 is 1.83 bits per heavy atom. The van der Waals surface area contributed by atoms with Crippen molar-refractivity contribution in [2.75, 3.05) is 10.6 Å². The van der Waals surface area contributed by atoms with Gasteiger partial charge in [-0.1, -0.05) is 18.2 Å². The van der Waals surface area contributed by atoms with Gasteiger partial charge in [-0.05, 0) is 29.8 Å². The van der Waals surface area contributed by atoms with Crippen molar-refractivity contribution in [3.8, 4) is 0 Å². The van der Waals surface area contributed by atoms with Crippen LogP contribution in [0.1, 0.15) is 12.5 Å². The van der Waals surface area contributed by atoms with E-state index in [4.69, 9.17) is 0 Å². The second-order valence-corrected chi connectivity index (χ2v) is 5.06. The van der Waals surface area contributed by atoms with E-state index in [1.165, 1.54) is 6.92 Å². The summed E-state index contributed by atoms with van der Waals surface area (Å²) < 4.78 is 1.71. The SMILES string of the molecule is CC(=O)Nc1ccc(CC(=O)Nc2nnc3ccccn23)cc1. The average molecular weight is 309 g/mol. The molecule has 7 nitrogen and oxygen atoms in total. The van der Waals surface area contributed by atoms with Gasteiger partial charge >= 0.3 is 0 Å². The fourth-order valence-electron chi connectivity index (χ4n) is 2.19. The van der Waals surface area contributed by atoms with Crippen LogP contribution in [0.15, 0.2) is 48.7 Å². The highest BCUT2D eigenvalue weighted by atomic mass is 16.2. The van der Waals surface area contributed by atoms with Gasteiger partial charge in [-0.15, -0.1) is 10.2 Å². The van der Waals surface area contributed by atoms with Crippen LogP contribution < -0.4 is 10.6 Å². The number of aromatic nitrogens is 3. The zero-order chi connectivity index (χ0) is 16.2. The van der Waals surface area contributed by atoms with E-state index in [1.807, 2.05) is 18.2 Å². The number of pyridine rings is 1. The van der Waals surface area contributed by atoms with Crippen LogP contribution in [0.25, 0.3) is 5.65 Å². The van der Waals surface area contributed by atoms with Crippen LogP contribution in [0.3, 0.4) is 0 Å². The van der Waals surface area contributed by atoms with E-state index in [1.54, 1.807) is 34.9 Å². The van der Waals surface area contributed by atoms with E-state index >= 15 is 0 Å². The number of benzene rings is 1. The number of nitrogens with one attached hydrogen (secondary N) is 2. The molecule has 0 fully saturated rings. The molecule has 116 valence electrons. The first-order valence-corrected chi connectivity index (χ1v) is 7.08. The molecule has 0 unspecified atom stereocenters. The summed E-state index contributed by atoms with van der Waals surface area (Å²) in [6.45, 7) is 1.45. The molecule has 0 bridgehead atoms. The molecule has 2 amide bonds. The lowest BCUT2D eigenvalue weighted by molar-refractivity contribution is -0.116. The number of nitrogens with zero attached hydrogens (tertiary/aromatic N) is 3. The molecule has 7 heteroatoms. The second kappa shape index (κ2) is 6.27. The van der Waals surface area contributed by atoms with Gasteiger partial charge in [0.2, 0.25) is 17.8 Å². The molecule has 0 aliphatic heterocycles. The number of amides is 2. The van der Waals surface area contributed by atoms with Gasteiger partial charge in [0, 0.05) is 18.8 Å². The molecule has 0 radical (unpaired) electrons. The number of carbonyl (C=O) groups is 2. The average Bonchev–Trinajstić information content (AvgIpc) is 2.92. The van der Waals surface area contributed by atoms with Crippen molar-refractivity contribution < 1.29 is 9.59 Å². The molecule has 2 N–H and O–H groups in total. The van der Waals surface area contributed by atoms with Gasteiger partial charge in [0.25, 0.3) is 0 Å². The Morgan fingerprint density at radius 3 is 2.57 bits per heavy atom. The molecule has 2 aromatic heterocycles. The van der Waals surface area contributed by atoms with E-state index in [2.05, 4.69) is 20.8 Å². The summed E-state index contributed by atoms with van der Waals surface area (Å²) >= 11 is 0. The van der Waals surface area contributed by atoms with Crippen molar-refractivity contribution in [3.63, 3.8) is 0 Å². The van der Waals surface area contributed by atoms with Crippen LogP contribution in [-0.2, 0) is 16.0 Å². The van der Waals surface area contributed by atoms with Crippen LogP contribution in [0.2, 0.25) is 0 Å². The van der Waals surface area contributed by atoms with Crippen LogP contribution in [0, 0.1) is 0 Å². The van der Waals surface area contributed by atoms with Crippen molar-refractivity contribution in [2.45, 2.75) is 13.3 Å². The molecule has 1 aromatic carbocycles. The molecule has 23 heavy (non-hydrogen) atoms. The highest BCUT2D eigenvalue weighted by Gasteiger charge is 2.09. The molecule has 0 aliphatic rings.